The molecule has 0 saturated carbocycles. The number of benzene rings is 2. The van der Waals surface area contributed by atoms with Crippen molar-refractivity contribution in [2.75, 3.05) is 0 Å². The lowest BCUT2D eigenvalue weighted by atomic mass is 10.0. The average Bonchev–Trinajstić information content (AvgIpc) is 2.63. The van der Waals surface area contributed by atoms with E-state index < -0.39 is 5.82 Å². The van der Waals surface area contributed by atoms with Gasteiger partial charge in [-0.2, -0.15) is 4.74 Å². The Bertz CT molecular complexity index is 723. The predicted octanol–water partition coefficient (Wildman–Crippen LogP) is 3.42. The summed E-state index contributed by atoms with van der Waals surface area (Å²) in [7, 11) is 0. The number of hydrogen-bond acceptors (Lipinski definition) is 2. The number of nitrogens with zero attached hydrogens (tertiary/aromatic N) is 1. The van der Waals surface area contributed by atoms with Crippen LogP contribution in [0.5, 0.6) is 0 Å². The van der Waals surface area contributed by atoms with Gasteiger partial charge in [-0.05, 0) is 36.4 Å². The predicted molar refractivity (Wildman–Crippen MR) is 72.3 cm³/mol. The van der Waals surface area contributed by atoms with Crippen molar-refractivity contribution in [1.82, 2.24) is 0 Å². The fourth-order valence-electron chi connectivity index (χ4n) is 2.06. The highest BCUT2D eigenvalue weighted by atomic mass is 79.9. The molecule has 2 aromatic carbocycles. The number of Topliss-reactive ketones (excluding diaryl/α,β-unsaturated/α-hetero) is 1. The van der Waals surface area contributed by atoms with Crippen molar-refractivity contribution in [2.45, 2.75) is 0 Å². The number of halogens is 2. The Morgan fingerprint density at radius 1 is 1.11 bits per heavy atom. The van der Waals surface area contributed by atoms with Crippen LogP contribution < -0.4 is 0 Å². The molecule has 1 aliphatic heterocycles. The minimum atomic E-state index is -0.538. The zero-order valence-electron chi connectivity index (χ0n) is 9.56. The Morgan fingerprint density at radius 2 is 1.79 bits per heavy atom. The summed E-state index contributed by atoms with van der Waals surface area (Å²) in [6.45, 7) is 0. The first-order valence-electron chi connectivity index (χ1n) is 5.52. The van der Waals surface area contributed by atoms with Crippen LogP contribution in [0.4, 0.5) is 10.1 Å². The molecule has 94 valence electrons. The molecule has 0 saturated heterocycles. The van der Waals surface area contributed by atoms with E-state index in [0.29, 0.717) is 10.3 Å². The van der Waals surface area contributed by atoms with E-state index in [-0.39, 0.29) is 22.7 Å². The summed E-state index contributed by atoms with van der Waals surface area (Å²) in [5, 5.41) is 12.1. The first-order valence-corrected chi connectivity index (χ1v) is 6.31. The lowest BCUT2D eigenvalue weighted by Gasteiger charge is -2.02. The second-order valence-electron chi connectivity index (χ2n) is 4.14. The molecule has 2 aromatic rings. The molecule has 1 aliphatic rings. The van der Waals surface area contributed by atoms with Crippen LogP contribution in [-0.4, -0.2) is 16.2 Å². The molecular weight excluding hydrogens is 313 g/mol. The average molecular weight is 320 g/mol. The third kappa shape index (κ3) is 1.86. The van der Waals surface area contributed by atoms with Gasteiger partial charge < -0.3 is 5.21 Å². The topological polar surface area (TPSA) is 43.1 Å². The maximum Gasteiger partial charge on any atom is 0.272 e. The Labute approximate surface area is 116 Å². The molecule has 3 rings (SSSR count). The first-order chi connectivity index (χ1) is 9.08. The Balaban J connectivity index is 2.18. The van der Waals surface area contributed by atoms with Gasteiger partial charge in [-0.1, -0.05) is 15.9 Å². The summed E-state index contributed by atoms with van der Waals surface area (Å²) in [4.78, 5) is 12.2. The van der Waals surface area contributed by atoms with Gasteiger partial charge >= 0.3 is 0 Å². The van der Waals surface area contributed by atoms with E-state index in [4.69, 9.17) is 0 Å². The van der Waals surface area contributed by atoms with Crippen molar-refractivity contribution >= 4 is 33.1 Å². The number of ketones is 1. The Morgan fingerprint density at radius 3 is 2.47 bits per heavy atom. The second-order valence-corrected chi connectivity index (χ2v) is 5.06. The summed E-state index contributed by atoms with van der Waals surface area (Å²) >= 11 is 3.29. The van der Waals surface area contributed by atoms with Crippen molar-refractivity contribution in [3.63, 3.8) is 0 Å². The van der Waals surface area contributed by atoms with Gasteiger partial charge in [-0.25, -0.2) is 4.39 Å². The highest BCUT2D eigenvalue weighted by Crippen LogP contribution is 2.29. The molecule has 0 aliphatic carbocycles. The van der Waals surface area contributed by atoms with Crippen LogP contribution in [0.25, 0.3) is 0 Å². The quantitative estimate of drug-likeness (QED) is 0.597. The molecule has 5 heteroatoms. The van der Waals surface area contributed by atoms with Gasteiger partial charge in [0.2, 0.25) is 5.69 Å². The smallest absolute Gasteiger partial charge is 0.272 e. The van der Waals surface area contributed by atoms with E-state index in [9.17, 15) is 14.4 Å². The van der Waals surface area contributed by atoms with E-state index in [1.165, 1.54) is 12.1 Å². The van der Waals surface area contributed by atoms with Crippen molar-refractivity contribution < 1.29 is 13.9 Å². The van der Waals surface area contributed by atoms with Gasteiger partial charge in [0, 0.05) is 10.5 Å². The van der Waals surface area contributed by atoms with Gasteiger partial charge in [0.25, 0.3) is 11.5 Å². The summed E-state index contributed by atoms with van der Waals surface area (Å²) in [6.07, 6.45) is 0. The second kappa shape index (κ2) is 4.28. The number of hydrogen-bond donors (Lipinski definition) is 0. The van der Waals surface area contributed by atoms with Crippen molar-refractivity contribution in [1.29, 1.82) is 0 Å². The molecule has 0 fully saturated rings. The maximum atomic E-state index is 13.2. The summed E-state index contributed by atoms with van der Waals surface area (Å²) < 4.78 is 14.5. The van der Waals surface area contributed by atoms with Crippen molar-refractivity contribution in [3.05, 3.63) is 69.1 Å². The number of carbonyl (C=O) groups is 1. The number of rotatable bonds is 1. The Hall–Kier alpha value is -2.01. The largest absolute Gasteiger partial charge is 0.618 e. The third-order valence-electron chi connectivity index (χ3n) is 2.96. The van der Waals surface area contributed by atoms with Crippen LogP contribution in [0.2, 0.25) is 0 Å². The SMILES string of the molecule is O=C1C(c2ccc(Br)cc2)=[N+]([O-])c2cc(F)ccc21. The fourth-order valence-corrected chi connectivity index (χ4v) is 2.33. The van der Waals surface area contributed by atoms with Crippen LogP contribution in [0.3, 0.4) is 0 Å². The van der Waals surface area contributed by atoms with Crippen LogP contribution in [-0.2, 0) is 0 Å². The van der Waals surface area contributed by atoms with Crippen molar-refractivity contribution in [3.8, 4) is 0 Å². The van der Waals surface area contributed by atoms with Crippen molar-refractivity contribution in [2.24, 2.45) is 0 Å². The van der Waals surface area contributed by atoms with Crippen LogP contribution in [0.1, 0.15) is 15.9 Å². The number of fused-ring (bicyclic) bond motifs is 1. The molecule has 19 heavy (non-hydrogen) atoms. The fraction of sp³-hybridized carbons (Fsp3) is 0. The van der Waals surface area contributed by atoms with Gasteiger partial charge in [0.05, 0.1) is 5.56 Å². The summed E-state index contributed by atoms with van der Waals surface area (Å²) in [6, 6.07) is 10.4. The maximum absolute atomic E-state index is 13.2. The third-order valence-corrected chi connectivity index (χ3v) is 3.49. The van der Waals surface area contributed by atoms with Crippen LogP contribution >= 0.6 is 15.9 Å². The monoisotopic (exact) mass is 319 g/mol. The molecule has 0 radical (unpaired) electrons. The molecule has 0 amide bonds. The standard InChI is InChI=1S/C14H7BrFNO2/c15-9-3-1-8(2-4-9)13-14(18)11-6-5-10(16)7-12(11)17(13)19/h1-7H. The first kappa shape index (κ1) is 12.0. The number of carbonyl (C=O) groups excluding carboxylic acids is 1. The Kier molecular flexibility index (Phi) is 2.71. The molecule has 0 aromatic heterocycles. The molecule has 0 spiro atoms. The zero-order valence-corrected chi connectivity index (χ0v) is 11.1. The van der Waals surface area contributed by atoms with Gasteiger partial charge in [0.1, 0.15) is 11.4 Å². The molecule has 3 nitrogen and oxygen atoms in total. The van der Waals surface area contributed by atoms with E-state index in [0.717, 1.165) is 10.5 Å². The van der Waals surface area contributed by atoms with E-state index in [1.807, 2.05) is 0 Å². The molecule has 1 heterocycles. The van der Waals surface area contributed by atoms with E-state index in [2.05, 4.69) is 15.9 Å². The van der Waals surface area contributed by atoms with Gasteiger partial charge in [-0.15, -0.1) is 0 Å². The highest BCUT2D eigenvalue weighted by Gasteiger charge is 2.36. The summed E-state index contributed by atoms with van der Waals surface area (Å²) in [5.41, 5.74) is 0.824. The minimum absolute atomic E-state index is 0.0214. The molecule has 0 atom stereocenters. The molecule has 0 N–H and O–H groups in total. The lowest BCUT2D eigenvalue weighted by Crippen LogP contribution is -2.16. The minimum Gasteiger partial charge on any atom is -0.618 e. The summed E-state index contributed by atoms with van der Waals surface area (Å²) in [5.74, 6) is -0.920. The molecule has 0 bridgehead atoms. The highest BCUT2D eigenvalue weighted by molar-refractivity contribution is 9.10. The van der Waals surface area contributed by atoms with E-state index in [1.54, 1.807) is 24.3 Å². The van der Waals surface area contributed by atoms with Crippen LogP contribution in [0.15, 0.2) is 46.9 Å². The van der Waals surface area contributed by atoms with Gasteiger partial charge in [-0.3, -0.25) is 4.79 Å². The lowest BCUT2D eigenvalue weighted by molar-refractivity contribution is -0.355. The van der Waals surface area contributed by atoms with Gasteiger partial charge in [0.15, 0.2) is 0 Å². The van der Waals surface area contributed by atoms with E-state index >= 15 is 0 Å². The molecule has 0 unspecified atom stereocenters. The zero-order chi connectivity index (χ0) is 13.6. The van der Waals surface area contributed by atoms with Crippen LogP contribution in [0, 0.1) is 11.0 Å². The normalized spacial score (nSPS) is 13.9. The molecular formula is C14H7BrFNO2.